The monoisotopic (exact) mass is 317 g/mol. The van der Waals surface area contributed by atoms with Gasteiger partial charge in [0, 0.05) is 17.4 Å². The van der Waals surface area contributed by atoms with Crippen LogP contribution in [-0.4, -0.2) is 30.8 Å². The van der Waals surface area contributed by atoms with Crippen LogP contribution >= 0.6 is 11.8 Å². The number of thioether (sulfide) groups is 1. The van der Waals surface area contributed by atoms with Gasteiger partial charge >= 0.3 is 0 Å². The smallest absolute Gasteiger partial charge is 0.270 e. The van der Waals surface area contributed by atoms with Crippen LogP contribution in [0.25, 0.3) is 0 Å². The number of rotatable bonds is 4. The van der Waals surface area contributed by atoms with Crippen LogP contribution < -0.4 is 11.3 Å². The Bertz CT molecular complexity index is 673. The number of nitro benzene ring substituents is 1. The van der Waals surface area contributed by atoms with Gasteiger partial charge in [0.25, 0.3) is 5.69 Å². The van der Waals surface area contributed by atoms with Gasteiger partial charge in [-0.1, -0.05) is 0 Å². The van der Waals surface area contributed by atoms with Crippen molar-refractivity contribution < 1.29 is 18.1 Å². The van der Waals surface area contributed by atoms with E-state index in [2.05, 4.69) is 0 Å². The maximum atomic E-state index is 12.0. The van der Waals surface area contributed by atoms with E-state index in [9.17, 15) is 23.3 Å². The Morgan fingerprint density at radius 3 is 2.85 bits per heavy atom. The molecule has 1 aromatic carbocycles. The van der Waals surface area contributed by atoms with E-state index in [0.29, 0.717) is 5.56 Å². The first-order valence-electron chi connectivity index (χ1n) is 5.47. The Morgan fingerprint density at radius 2 is 2.25 bits per heavy atom. The quantitative estimate of drug-likeness (QED) is 0.349. The molecule has 1 aliphatic heterocycles. The van der Waals surface area contributed by atoms with Gasteiger partial charge in [-0.05, 0) is 11.6 Å². The molecule has 1 aromatic rings. The zero-order valence-corrected chi connectivity index (χ0v) is 11.7. The van der Waals surface area contributed by atoms with Gasteiger partial charge in [-0.25, -0.2) is 14.3 Å². The Labute approximate surface area is 118 Å². The standard InChI is InChI=1S/C10H11N3O5S2/c11-12-10(14)4-19-8-5-20(17,18)9-3-6(13(15)16)1-2-7(8)9/h1-3,8H,4-5,11H2,(H,12,14). The molecule has 0 spiro atoms. The second kappa shape index (κ2) is 5.38. The zero-order chi connectivity index (χ0) is 14.9. The van der Waals surface area contributed by atoms with Crippen LogP contribution in [0.3, 0.4) is 0 Å². The highest BCUT2D eigenvalue weighted by atomic mass is 32.2. The number of nitrogens with zero attached hydrogens (tertiary/aromatic N) is 1. The van der Waals surface area contributed by atoms with Crippen molar-refractivity contribution in [2.45, 2.75) is 10.1 Å². The molecule has 108 valence electrons. The number of carbonyl (C=O) groups is 1. The van der Waals surface area contributed by atoms with Gasteiger partial charge in [0.05, 0.1) is 21.3 Å². The number of sulfone groups is 1. The Balaban J connectivity index is 2.32. The minimum atomic E-state index is -3.55. The summed E-state index contributed by atoms with van der Waals surface area (Å²) in [6.45, 7) is 0. The molecule has 0 fully saturated rings. The summed E-state index contributed by atoms with van der Waals surface area (Å²) in [5.74, 6) is 4.38. The molecule has 1 unspecified atom stereocenters. The molecule has 1 amide bonds. The number of amides is 1. The van der Waals surface area contributed by atoms with E-state index in [4.69, 9.17) is 5.84 Å². The number of hydrazine groups is 1. The number of carbonyl (C=O) groups excluding carboxylic acids is 1. The van der Waals surface area contributed by atoms with Crippen molar-refractivity contribution in [1.82, 2.24) is 5.43 Å². The lowest BCUT2D eigenvalue weighted by Gasteiger charge is -2.08. The summed E-state index contributed by atoms with van der Waals surface area (Å²) in [5, 5.41) is 10.3. The molecule has 0 radical (unpaired) electrons. The number of nitro groups is 1. The number of non-ortho nitro benzene ring substituents is 1. The minimum Gasteiger partial charge on any atom is -0.294 e. The van der Waals surface area contributed by atoms with Gasteiger partial charge in [0.15, 0.2) is 9.84 Å². The van der Waals surface area contributed by atoms with Gasteiger partial charge in [-0.15, -0.1) is 11.8 Å². The molecule has 8 nitrogen and oxygen atoms in total. The van der Waals surface area contributed by atoms with Gasteiger partial charge in [0.2, 0.25) is 5.91 Å². The number of nitrogens with one attached hydrogen (secondary N) is 1. The Morgan fingerprint density at radius 1 is 1.55 bits per heavy atom. The topological polar surface area (TPSA) is 132 Å². The second-order valence-electron chi connectivity index (χ2n) is 4.13. The average molecular weight is 317 g/mol. The lowest BCUT2D eigenvalue weighted by molar-refractivity contribution is -0.385. The fourth-order valence-electron chi connectivity index (χ4n) is 1.91. The molecule has 0 aliphatic carbocycles. The third-order valence-corrected chi connectivity index (χ3v) is 6.10. The summed E-state index contributed by atoms with van der Waals surface area (Å²) >= 11 is 1.13. The minimum absolute atomic E-state index is 0.0209. The number of nitrogens with two attached hydrogens (primary N) is 1. The summed E-state index contributed by atoms with van der Waals surface area (Å²) in [5.41, 5.74) is 2.18. The SMILES string of the molecule is NNC(=O)CSC1CS(=O)(=O)c2cc([N+](=O)[O-])ccc21. The van der Waals surface area contributed by atoms with Crippen LogP contribution in [0.2, 0.25) is 0 Å². The molecule has 3 N–H and O–H groups in total. The molecule has 0 saturated heterocycles. The largest absolute Gasteiger partial charge is 0.294 e. The summed E-state index contributed by atoms with van der Waals surface area (Å²) in [6.07, 6.45) is 0. The highest BCUT2D eigenvalue weighted by molar-refractivity contribution is 8.02. The van der Waals surface area contributed by atoms with Crippen molar-refractivity contribution in [2.75, 3.05) is 11.5 Å². The normalized spacial score (nSPS) is 19.4. The van der Waals surface area contributed by atoms with Crippen molar-refractivity contribution in [3.63, 3.8) is 0 Å². The Hall–Kier alpha value is -1.65. The van der Waals surface area contributed by atoms with E-state index < -0.39 is 25.9 Å². The van der Waals surface area contributed by atoms with Crippen LogP contribution in [0.15, 0.2) is 23.1 Å². The van der Waals surface area contributed by atoms with Gasteiger partial charge in [0.1, 0.15) is 0 Å². The molecule has 0 saturated carbocycles. The second-order valence-corrected chi connectivity index (χ2v) is 7.32. The Kier molecular flexibility index (Phi) is 3.97. The van der Waals surface area contributed by atoms with Gasteiger partial charge < -0.3 is 0 Å². The zero-order valence-electron chi connectivity index (χ0n) is 10.1. The first-order chi connectivity index (χ1) is 9.35. The first kappa shape index (κ1) is 14.8. The van der Waals surface area contributed by atoms with E-state index in [1.54, 1.807) is 0 Å². The maximum absolute atomic E-state index is 12.0. The van der Waals surface area contributed by atoms with E-state index in [-0.39, 0.29) is 22.1 Å². The summed E-state index contributed by atoms with van der Waals surface area (Å²) in [7, 11) is -3.55. The summed E-state index contributed by atoms with van der Waals surface area (Å²) in [4.78, 5) is 21.1. The van der Waals surface area contributed by atoms with E-state index in [1.807, 2.05) is 5.43 Å². The molecule has 1 heterocycles. The first-order valence-corrected chi connectivity index (χ1v) is 8.17. The van der Waals surface area contributed by atoms with Crippen molar-refractivity contribution in [1.29, 1.82) is 0 Å². The molecule has 10 heteroatoms. The predicted molar refractivity (Wildman–Crippen MR) is 72.7 cm³/mol. The number of hydrogen-bond acceptors (Lipinski definition) is 7. The lowest BCUT2D eigenvalue weighted by Crippen LogP contribution is -2.31. The molecular formula is C10H11N3O5S2. The van der Waals surface area contributed by atoms with Gasteiger partial charge in [-0.3, -0.25) is 20.3 Å². The molecule has 1 aliphatic rings. The highest BCUT2D eigenvalue weighted by Gasteiger charge is 2.36. The number of fused-ring (bicyclic) bond motifs is 1. The molecular weight excluding hydrogens is 306 g/mol. The van der Waals surface area contributed by atoms with E-state index in [1.165, 1.54) is 12.1 Å². The van der Waals surface area contributed by atoms with Crippen molar-refractivity contribution >= 4 is 33.2 Å². The van der Waals surface area contributed by atoms with Crippen LogP contribution in [0.5, 0.6) is 0 Å². The molecule has 2 rings (SSSR count). The van der Waals surface area contributed by atoms with E-state index >= 15 is 0 Å². The van der Waals surface area contributed by atoms with Crippen LogP contribution in [0, 0.1) is 10.1 Å². The molecule has 0 bridgehead atoms. The lowest BCUT2D eigenvalue weighted by atomic mass is 10.1. The fourth-order valence-corrected chi connectivity index (χ4v) is 5.35. The highest BCUT2D eigenvalue weighted by Crippen LogP contribution is 2.42. The summed E-state index contributed by atoms with van der Waals surface area (Å²) in [6, 6.07) is 3.75. The molecule has 1 atom stereocenters. The fraction of sp³-hybridized carbons (Fsp3) is 0.300. The van der Waals surface area contributed by atoms with Crippen molar-refractivity contribution in [3.8, 4) is 0 Å². The van der Waals surface area contributed by atoms with Gasteiger partial charge in [-0.2, -0.15) is 0 Å². The number of benzene rings is 1. The predicted octanol–water partition coefficient (Wildman–Crippen LogP) is 0.146. The van der Waals surface area contributed by atoms with Crippen molar-refractivity contribution in [2.24, 2.45) is 5.84 Å². The molecule has 20 heavy (non-hydrogen) atoms. The van der Waals surface area contributed by atoms with Crippen molar-refractivity contribution in [3.05, 3.63) is 33.9 Å². The van der Waals surface area contributed by atoms with Crippen LogP contribution in [0.4, 0.5) is 5.69 Å². The number of hydrogen-bond donors (Lipinski definition) is 2. The third kappa shape index (κ3) is 2.76. The third-order valence-electron chi connectivity index (χ3n) is 2.84. The maximum Gasteiger partial charge on any atom is 0.270 e. The molecule has 0 aromatic heterocycles. The summed E-state index contributed by atoms with van der Waals surface area (Å²) < 4.78 is 24.0. The van der Waals surface area contributed by atoms with Crippen LogP contribution in [-0.2, 0) is 14.6 Å². The van der Waals surface area contributed by atoms with Crippen LogP contribution in [0.1, 0.15) is 10.8 Å². The average Bonchev–Trinajstić information content (AvgIpc) is 2.67. The van der Waals surface area contributed by atoms with E-state index in [0.717, 1.165) is 17.8 Å².